The van der Waals surface area contributed by atoms with E-state index in [1.54, 1.807) is 0 Å². The minimum Gasteiger partial charge on any atom is -0.351 e. The monoisotopic (exact) mass is 278 g/mol. The second-order valence-corrected chi connectivity index (χ2v) is 6.99. The lowest BCUT2D eigenvalue weighted by Gasteiger charge is -2.17. The zero-order chi connectivity index (χ0) is 13.2. The number of carbonyl (C=O) groups is 1. The van der Waals surface area contributed by atoms with Crippen molar-refractivity contribution in [1.29, 1.82) is 0 Å². The van der Waals surface area contributed by atoms with Crippen LogP contribution in [0.1, 0.15) is 41.0 Å². The molecule has 2 atom stereocenters. The molecule has 3 rings (SSSR count). The number of nitrogens with one attached hydrogen (secondary N) is 1. The molecule has 1 aromatic rings. The van der Waals surface area contributed by atoms with Gasteiger partial charge in [0, 0.05) is 15.7 Å². The molecule has 104 valence electrons. The van der Waals surface area contributed by atoms with Crippen molar-refractivity contribution in [2.45, 2.75) is 45.1 Å². The Bertz CT molecular complexity index is 447. The molecule has 0 bridgehead atoms. The van der Waals surface area contributed by atoms with Crippen molar-refractivity contribution in [2.75, 3.05) is 6.54 Å². The van der Waals surface area contributed by atoms with Gasteiger partial charge in [0.15, 0.2) is 0 Å². The highest BCUT2D eigenvalue weighted by Gasteiger charge is 2.31. The fourth-order valence-electron chi connectivity index (χ4n) is 3.45. The number of nitrogens with two attached hydrogens (primary N) is 1. The summed E-state index contributed by atoms with van der Waals surface area (Å²) in [4.78, 5) is 15.0. The first kappa shape index (κ1) is 13.1. The number of rotatable bonds is 4. The van der Waals surface area contributed by atoms with Gasteiger partial charge in [0.05, 0.1) is 6.54 Å². The maximum Gasteiger partial charge on any atom is 0.223 e. The smallest absolute Gasteiger partial charge is 0.223 e. The number of amides is 1. The van der Waals surface area contributed by atoms with Gasteiger partial charge >= 0.3 is 0 Å². The number of hydrogen-bond acceptors (Lipinski definition) is 3. The van der Waals surface area contributed by atoms with E-state index in [1.807, 2.05) is 11.3 Å². The fourth-order valence-corrected chi connectivity index (χ4v) is 4.65. The predicted octanol–water partition coefficient (Wildman–Crippen LogP) is 2.23. The third-order valence-electron chi connectivity index (χ3n) is 4.53. The zero-order valence-corrected chi connectivity index (χ0v) is 12.1. The summed E-state index contributed by atoms with van der Waals surface area (Å²) in [7, 11) is 0. The van der Waals surface area contributed by atoms with Gasteiger partial charge in [-0.15, -0.1) is 11.3 Å². The third kappa shape index (κ3) is 2.70. The Kier molecular flexibility index (Phi) is 3.89. The van der Waals surface area contributed by atoms with Crippen molar-refractivity contribution in [2.24, 2.45) is 17.6 Å². The van der Waals surface area contributed by atoms with E-state index < -0.39 is 0 Å². The molecule has 0 radical (unpaired) electrons. The average Bonchev–Trinajstić information content (AvgIpc) is 3.09. The summed E-state index contributed by atoms with van der Waals surface area (Å²) in [6.45, 7) is 1.34. The number of thiophene rings is 1. The number of fused-ring (bicyclic) bond motifs is 1. The lowest BCUT2D eigenvalue weighted by Crippen LogP contribution is -2.34. The number of carbonyl (C=O) groups excluding carboxylic acids is 1. The van der Waals surface area contributed by atoms with E-state index in [9.17, 15) is 4.79 Å². The Morgan fingerprint density at radius 3 is 3.05 bits per heavy atom. The molecule has 19 heavy (non-hydrogen) atoms. The first-order chi connectivity index (χ1) is 9.28. The van der Waals surface area contributed by atoms with Crippen LogP contribution < -0.4 is 11.1 Å². The molecule has 1 fully saturated rings. The van der Waals surface area contributed by atoms with Crippen LogP contribution in [-0.4, -0.2) is 12.5 Å². The van der Waals surface area contributed by atoms with Gasteiger partial charge in [0.25, 0.3) is 0 Å². The van der Waals surface area contributed by atoms with E-state index >= 15 is 0 Å². The highest BCUT2D eigenvalue weighted by molar-refractivity contribution is 7.12. The summed E-state index contributed by atoms with van der Waals surface area (Å²) in [5.74, 6) is 0.756. The Hall–Kier alpha value is -0.870. The van der Waals surface area contributed by atoms with Crippen LogP contribution in [0.4, 0.5) is 0 Å². The summed E-state index contributed by atoms with van der Waals surface area (Å²) >= 11 is 1.87. The molecular weight excluding hydrogens is 256 g/mol. The molecule has 0 spiro atoms. The van der Waals surface area contributed by atoms with Crippen LogP contribution in [0.2, 0.25) is 0 Å². The molecule has 2 aliphatic carbocycles. The second kappa shape index (κ2) is 5.63. The highest BCUT2D eigenvalue weighted by atomic mass is 32.1. The van der Waals surface area contributed by atoms with Crippen molar-refractivity contribution in [3.05, 3.63) is 21.4 Å². The van der Waals surface area contributed by atoms with E-state index in [4.69, 9.17) is 5.73 Å². The first-order valence-electron chi connectivity index (χ1n) is 7.36. The normalized spacial score (nSPS) is 25.5. The molecule has 1 saturated carbocycles. The Morgan fingerprint density at radius 1 is 1.37 bits per heavy atom. The SMILES string of the molecule is NCC1CCCC1C(=O)NCc1cc2c(s1)CCC2. The van der Waals surface area contributed by atoms with Gasteiger partial charge in [-0.3, -0.25) is 4.79 Å². The van der Waals surface area contributed by atoms with Crippen LogP contribution >= 0.6 is 11.3 Å². The van der Waals surface area contributed by atoms with Crippen molar-refractivity contribution < 1.29 is 4.79 Å². The summed E-state index contributed by atoms with van der Waals surface area (Å²) in [6, 6.07) is 2.28. The van der Waals surface area contributed by atoms with Gasteiger partial charge < -0.3 is 11.1 Å². The fraction of sp³-hybridized carbons (Fsp3) is 0.667. The first-order valence-corrected chi connectivity index (χ1v) is 8.18. The summed E-state index contributed by atoms with van der Waals surface area (Å²) in [5, 5.41) is 3.11. The molecule has 2 aliphatic rings. The van der Waals surface area contributed by atoms with Gasteiger partial charge in [-0.25, -0.2) is 0 Å². The minimum atomic E-state index is 0.150. The van der Waals surface area contributed by atoms with E-state index in [0.717, 1.165) is 19.3 Å². The zero-order valence-electron chi connectivity index (χ0n) is 11.3. The van der Waals surface area contributed by atoms with Crippen molar-refractivity contribution in [1.82, 2.24) is 5.32 Å². The predicted molar refractivity (Wildman–Crippen MR) is 78.1 cm³/mol. The van der Waals surface area contributed by atoms with Crippen LogP contribution in [0.25, 0.3) is 0 Å². The Labute approximate surface area is 118 Å². The number of hydrogen-bond donors (Lipinski definition) is 2. The van der Waals surface area contributed by atoms with Crippen molar-refractivity contribution >= 4 is 17.2 Å². The molecule has 1 aromatic heterocycles. The average molecular weight is 278 g/mol. The third-order valence-corrected chi connectivity index (χ3v) is 5.77. The quantitative estimate of drug-likeness (QED) is 0.887. The van der Waals surface area contributed by atoms with E-state index in [-0.39, 0.29) is 11.8 Å². The molecule has 3 N–H and O–H groups in total. The lowest BCUT2D eigenvalue weighted by molar-refractivity contribution is -0.126. The molecule has 0 saturated heterocycles. The molecule has 0 aromatic carbocycles. The largest absolute Gasteiger partial charge is 0.351 e. The molecule has 4 heteroatoms. The highest BCUT2D eigenvalue weighted by Crippen LogP contribution is 2.32. The minimum absolute atomic E-state index is 0.150. The molecule has 1 amide bonds. The van der Waals surface area contributed by atoms with Crippen LogP contribution in [-0.2, 0) is 24.2 Å². The molecule has 1 heterocycles. The van der Waals surface area contributed by atoms with Gasteiger partial charge in [-0.2, -0.15) is 0 Å². The molecular formula is C15H22N2OS. The molecule has 2 unspecified atom stereocenters. The van der Waals surface area contributed by atoms with Crippen LogP contribution in [0, 0.1) is 11.8 Å². The summed E-state index contributed by atoms with van der Waals surface area (Å²) in [6.07, 6.45) is 7.02. The summed E-state index contributed by atoms with van der Waals surface area (Å²) < 4.78 is 0. The van der Waals surface area contributed by atoms with Gasteiger partial charge in [0.1, 0.15) is 0 Å². The maximum atomic E-state index is 12.2. The molecule has 3 nitrogen and oxygen atoms in total. The summed E-state index contributed by atoms with van der Waals surface area (Å²) in [5.41, 5.74) is 7.25. The van der Waals surface area contributed by atoms with Crippen LogP contribution in [0.15, 0.2) is 6.07 Å². The van der Waals surface area contributed by atoms with Gasteiger partial charge in [-0.05, 0) is 56.2 Å². The number of aryl methyl sites for hydroxylation is 2. The van der Waals surface area contributed by atoms with E-state index in [1.165, 1.54) is 34.6 Å². The second-order valence-electron chi connectivity index (χ2n) is 5.77. The van der Waals surface area contributed by atoms with E-state index in [0.29, 0.717) is 19.0 Å². The topological polar surface area (TPSA) is 55.1 Å². The van der Waals surface area contributed by atoms with Gasteiger partial charge in [-0.1, -0.05) is 6.42 Å². The Balaban J connectivity index is 1.55. The van der Waals surface area contributed by atoms with Crippen LogP contribution in [0.5, 0.6) is 0 Å². The van der Waals surface area contributed by atoms with Crippen LogP contribution in [0.3, 0.4) is 0 Å². The molecule has 0 aliphatic heterocycles. The van der Waals surface area contributed by atoms with E-state index in [2.05, 4.69) is 11.4 Å². The maximum absolute atomic E-state index is 12.2. The van der Waals surface area contributed by atoms with Crippen molar-refractivity contribution in [3.63, 3.8) is 0 Å². The standard InChI is InChI=1S/C15H22N2OS/c16-8-11-4-1-5-13(11)15(18)17-9-12-7-10-3-2-6-14(10)19-12/h7,11,13H,1-6,8-9,16H2,(H,17,18). The van der Waals surface area contributed by atoms with Crippen molar-refractivity contribution in [3.8, 4) is 0 Å². The Morgan fingerprint density at radius 2 is 2.26 bits per heavy atom. The lowest BCUT2D eigenvalue weighted by atomic mass is 9.95. The van der Waals surface area contributed by atoms with Gasteiger partial charge in [0.2, 0.25) is 5.91 Å².